The van der Waals surface area contributed by atoms with Gasteiger partial charge >= 0.3 is 39.5 Å². The van der Waals surface area contributed by atoms with Gasteiger partial charge in [0.25, 0.3) is 0 Å². The molecule has 0 aromatic rings. The molecule has 0 fully saturated rings. The Morgan fingerprint density at radius 1 is 0.293 bits per heavy atom. The van der Waals surface area contributed by atoms with Crippen LogP contribution >= 0.6 is 15.6 Å². The van der Waals surface area contributed by atoms with E-state index in [0.717, 1.165) is 102 Å². The Hall–Kier alpha value is -1.94. The standard InChI is InChI=1S/C73H142O17P2/c1-8-9-10-11-12-25-32-40-47-54-70(75)83-61-69(90-73(78)57-50-43-36-35-39-46-53-66(6)7)63-88-92(81,82)86-59-67(74)58-85-91(79,80)87-62-68(60-84-71(76)55-48-41-33-28-24-23-27-31-38-45-52-65(4)5)89-72(77)56-49-42-34-29-22-20-18-16-14-13-15-17-19-21-26-30-37-44-51-64(2)3/h64-69,74H,8-63H2,1-7H3,(H,79,80)(H,81,82)/t67-,68-,69-/m1/s1. The molecule has 2 unspecified atom stereocenters. The van der Waals surface area contributed by atoms with Crippen molar-refractivity contribution in [3.05, 3.63) is 0 Å². The van der Waals surface area contributed by atoms with Gasteiger partial charge in [-0.25, -0.2) is 9.13 Å². The Morgan fingerprint density at radius 3 is 0.739 bits per heavy atom. The van der Waals surface area contributed by atoms with Crippen LogP contribution in [0.3, 0.4) is 0 Å². The van der Waals surface area contributed by atoms with E-state index in [9.17, 15) is 43.2 Å². The van der Waals surface area contributed by atoms with Gasteiger partial charge in [-0.05, 0) is 43.4 Å². The van der Waals surface area contributed by atoms with E-state index in [1.54, 1.807) is 0 Å². The normalized spacial score (nSPS) is 14.1. The molecule has 0 spiro atoms. The maximum Gasteiger partial charge on any atom is 0.472 e. The van der Waals surface area contributed by atoms with Gasteiger partial charge in [-0.3, -0.25) is 37.3 Å². The summed E-state index contributed by atoms with van der Waals surface area (Å²) in [6.07, 6.45) is 48.9. The van der Waals surface area contributed by atoms with Gasteiger partial charge in [-0.2, -0.15) is 0 Å². The van der Waals surface area contributed by atoms with E-state index in [0.29, 0.717) is 31.6 Å². The minimum atomic E-state index is -4.95. The molecule has 0 saturated heterocycles. The minimum absolute atomic E-state index is 0.102. The second-order valence-corrected chi connectivity index (χ2v) is 30.7. The number of hydrogen-bond acceptors (Lipinski definition) is 15. The summed E-state index contributed by atoms with van der Waals surface area (Å²) in [6, 6.07) is 0. The molecule has 5 atom stereocenters. The first-order chi connectivity index (χ1) is 44.2. The van der Waals surface area contributed by atoms with Gasteiger partial charge in [0.15, 0.2) is 12.2 Å². The molecule has 3 N–H and O–H groups in total. The predicted octanol–water partition coefficient (Wildman–Crippen LogP) is 21.0. The van der Waals surface area contributed by atoms with Crippen molar-refractivity contribution in [3.8, 4) is 0 Å². The van der Waals surface area contributed by atoms with Crippen LogP contribution in [-0.2, 0) is 65.4 Å². The highest BCUT2D eigenvalue weighted by atomic mass is 31.2. The van der Waals surface area contributed by atoms with Crippen LogP contribution in [0.4, 0.5) is 0 Å². The molecule has 546 valence electrons. The lowest BCUT2D eigenvalue weighted by Crippen LogP contribution is -2.30. The van der Waals surface area contributed by atoms with Crippen LogP contribution in [0.25, 0.3) is 0 Å². The average molecular weight is 1350 g/mol. The molecule has 0 bridgehead atoms. The van der Waals surface area contributed by atoms with Gasteiger partial charge in [0, 0.05) is 25.7 Å². The molecule has 19 heteroatoms. The van der Waals surface area contributed by atoms with Crippen molar-refractivity contribution in [1.82, 2.24) is 0 Å². The van der Waals surface area contributed by atoms with E-state index in [2.05, 4.69) is 48.5 Å². The van der Waals surface area contributed by atoms with E-state index in [4.69, 9.17) is 37.0 Å². The zero-order chi connectivity index (χ0) is 68.0. The number of aliphatic hydroxyl groups is 1. The Balaban J connectivity index is 5.16. The number of rotatable bonds is 71. The maximum atomic E-state index is 13.1. The van der Waals surface area contributed by atoms with E-state index >= 15 is 0 Å². The summed E-state index contributed by atoms with van der Waals surface area (Å²) in [5.74, 6) is 0.120. The number of ether oxygens (including phenoxy) is 4. The molecule has 0 aromatic carbocycles. The van der Waals surface area contributed by atoms with Crippen molar-refractivity contribution in [1.29, 1.82) is 0 Å². The van der Waals surface area contributed by atoms with Crippen LogP contribution in [0, 0.1) is 17.8 Å². The number of esters is 4. The lowest BCUT2D eigenvalue weighted by atomic mass is 10.0. The van der Waals surface area contributed by atoms with Crippen molar-refractivity contribution in [2.45, 2.75) is 388 Å². The SMILES string of the molecule is CCCCCCCCCCCC(=O)OC[C@H](COP(=O)(O)OC[C@H](O)COP(=O)(O)OC[C@@H](COC(=O)CCCCCCCCCCCCC(C)C)OC(=O)CCCCCCCCCCCCCCCCCCCCC(C)C)OC(=O)CCCCCCCCC(C)C. The molecule has 0 aliphatic rings. The van der Waals surface area contributed by atoms with Crippen LogP contribution in [0.2, 0.25) is 0 Å². The van der Waals surface area contributed by atoms with Crippen LogP contribution in [0.5, 0.6) is 0 Å². The molecular weight excluding hydrogens is 1210 g/mol. The Labute approximate surface area is 562 Å². The van der Waals surface area contributed by atoms with Crippen LogP contribution in [0.1, 0.15) is 370 Å². The molecular formula is C73H142O17P2. The fraction of sp³-hybridized carbons (Fsp3) is 0.945. The molecule has 0 saturated carbocycles. The highest BCUT2D eigenvalue weighted by Gasteiger charge is 2.30. The molecule has 0 aliphatic carbocycles. The van der Waals surface area contributed by atoms with Gasteiger partial charge in [0.2, 0.25) is 0 Å². The van der Waals surface area contributed by atoms with Gasteiger partial charge in [0.05, 0.1) is 26.4 Å². The molecule has 0 radical (unpaired) electrons. The van der Waals surface area contributed by atoms with Crippen LogP contribution in [-0.4, -0.2) is 96.7 Å². The second-order valence-electron chi connectivity index (χ2n) is 27.8. The van der Waals surface area contributed by atoms with Gasteiger partial charge in [0.1, 0.15) is 19.3 Å². The Morgan fingerprint density at radius 2 is 0.500 bits per heavy atom. The van der Waals surface area contributed by atoms with Crippen molar-refractivity contribution in [3.63, 3.8) is 0 Å². The van der Waals surface area contributed by atoms with Crippen molar-refractivity contribution >= 4 is 39.5 Å². The van der Waals surface area contributed by atoms with Crippen molar-refractivity contribution in [2.24, 2.45) is 17.8 Å². The molecule has 0 amide bonds. The predicted molar refractivity (Wildman–Crippen MR) is 372 cm³/mol. The summed E-state index contributed by atoms with van der Waals surface area (Å²) in [5, 5.41) is 10.6. The summed E-state index contributed by atoms with van der Waals surface area (Å²) in [7, 11) is -9.90. The summed E-state index contributed by atoms with van der Waals surface area (Å²) < 4.78 is 68.3. The quantitative estimate of drug-likeness (QED) is 0.0222. The monoisotopic (exact) mass is 1350 g/mol. The second kappa shape index (κ2) is 63.8. The first kappa shape index (κ1) is 90.1. The number of hydrogen-bond donors (Lipinski definition) is 3. The first-order valence-electron chi connectivity index (χ1n) is 37.8. The topological polar surface area (TPSA) is 237 Å². The van der Waals surface area contributed by atoms with Gasteiger partial charge < -0.3 is 33.8 Å². The third kappa shape index (κ3) is 66.7. The lowest BCUT2D eigenvalue weighted by molar-refractivity contribution is -0.161. The number of unbranched alkanes of at least 4 members (excludes halogenated alkanes) is 39. The zero-order valence-corrected chi connectivity index (χ0v) is 61.8. The number of phosphoric acid groups is 2. The van der Waals surface area contributed by atoms with Gasteiger partial charge in [-0.15, -0.1) is 0 Å². The summed E-state index contributed by atoms with van der Waals surface area (Å²) in [5.41, 5.74) is 0. The number of phosphoric ester groups is 2. The van der Waals surface area contributed by atoms with Crippen LogP contribution in [0.15, 0.2) is 0 Å². The van der Waals surface area contributed by atoms with Crippen molar-refractivity contribution in [2.75, 3.05) is 39.6 Å². The average Bonchev–Trinajstić information content (AvgIpc) is 2.42. The lowest BCUT2D eigenvalue weighted by Gasteiger charge is -2.21. The van der Waals surface area contributed by atoms with Gasteiger partial charge in [-0.1, -0.05) is 318 Å². The molecule has 92 heavy (non-hydrogen) atoms. The molecule has 0 aliphatic heterocycles. The van der Waals surface area contributed by atoms with E-state index in [1.807, 2.05) is 0 Å². The highest BCUT2D eigenvalue weighted by Crippen LogP contribution is 2.45. The van der Waals surface area contributed by atoms with E-state index in [1.165, 1.54) is 180 Å². The summed E-state index contributed by atoms with van der Waals surface area (Å²) in [4.78, 5) is 72.5. The maximum absolute atomic E-state index is 13.1. The molecule has 17 nitrogen and oxygen atoms in total. The zero-order valence-electron chi connectivity index (χ0n) is 60.0. The van der Waals surface area contributed by atoms with Crippen LogP contribution < -0.4 is 0 Å². The minimum Gasteiger partial charge on any atom is -0.462 e. The Bertz CT molecular complexity index is 1800. The molecule has 0 heterocycles. The number of carbonyl (C=O) groups excluding carboxylic acids is 4. The Kier molecular flexibility index (Phi) is 62.4. The molecule has 0 aromatic heterocycles. The van der Waals surface area contributed by atoms with Crippen molar-refractivity contribution < 1.29 is 80.2 Å². The summed E-state index contributed by atoms with van der Waals surface area (Å²) in [6.45, 7) is 11.8. The largest absolute Gasteiger partial charge is 0.472 e. The number of aliphatic hydroxyl groups excluding tert-OH is 1. The fourth-order valence-electron chi connectivity index (χ4n) is 11.1. The summed E-state index contributed by atoms with van der Waals surface area (Å²) >= 11 is 0. The number of carbonyl (C=O) groups is 4. The highest BCUT2D eigenvalue weighted by molar-refractivity contribution is 7.47. The first-order valence-corrected chi connectivity index (χ1v) is 40.8. The third-order valence-electron chi connectivity index (χ3n) is 16.9. The smallest absolute Gasteiger partial charge is 0.462 e. The fourth-order valence-corrected chi connectivity index (χ4v) is 12.7. The van der Waals surface area contributed by atoms with E-state index in [-0.39, 0.29) is 25.7 Å². The third-order valence-corrected chi connectivity index (χ3v) is 18.8. The molecule has 0 rings (SSSR count). The van der Waals surface area contributed by atoms with E-state index < -0.39 is 97.5 Å².